The average molecular weight is 413 g/mol. The molecule has 0 bridgehead atoms. The molecule has 146 valence electrons. The summed E-state index contributed by atoms with van der Waals surface area (Å²) in [5.74, 6) is -0.787. The Balaban J connectivity index is 2.13. The molecule has 0 aliphatic heterocycles. The summed E-state index contributed by atoms with van der Waals surface area (Å²) in [6, 6.07) is 9.83. The number of benzene rings is 2. The fourth-order valence-corrected chi connectivity index (χ4v) is 3.95. The van der Waals surface area contributed by atoms with Crippen LogP contribution in [0.3, 0.4) is 0 Å². The quantitative estimate of drug-likeness (QED) is 0.757. The molecular formula is C19H22ClFN2O3S. The molecule has 0 spiro atoms. The van der Waals surface area contributed by atoms with Gasteiger partial charge in [-0.2, -0.15) is 4.31 Å². The van der Waals surface area contributed by atoms with E-state index in [1.54, 1.807) is 26.0 Å². The van der Waals surface area contributed by atoms with Crippen LogP contribution >= 0.6 is 11.6 Å². The Kier molecular flexibility index (Phi) is 6.97. The molecule has 5 nitrogen and oxygen atoms in total. The molecule has 1 amide bonds. The van der Waals surface area contributed by atoms with Crippen molar-refractivity contribution in [3.05, 3.63) is 64.4 Å². The highest BCUT2D eigenvalue weighted by Crippen LogP contribution is 2.23. The summed E-state index contributed by atoms with van der Waals surface area (Å²) >= 11 is 6.09. The summed E-state index contributed by atoms with van der Waals surface area (Å²) in [7, 11) is -2.24. The normalized spacial score (nSPS) is 11.8. The molecule has 2 rings (SSSR count). The van der Waals surface area contributed by atoms with Gasteiger partial charge < -0.3 is 5.32 Å². The van der Waals surface area contributed by atoms with Crippen molar-refractivity contribution >= 4 is 27.5 Å². The Labute approximate surface area is 164 Å². The van der Waals surface area contributed by atoms with Gasteiger partial charge in [-0.1, -0.05) is 23.7 Å². The number of amides is 1. The highest BCUT2D eigenvalue weighted by atomic mass is 35.5. The van der Waals surface area contributed by atoms with E-state index in [-0.39, 0.29) is 27.3 Å². The van der Waals surface area contributed by atoms with E-state index < -0.39 is 15.9 Å². The first-order valence-electron chi connectivity index (χ1n) is 8.43. The number of nitrogens with one attached hydrogen (secondary N) is 1. The van der Waals surface area contributed by atoms with Crippen molar-refractivity contribution in [1.29, 1.82) is 0 Å². The zero-order valence-corrected chi connectivity index (χ0v) is 16.9. The summed E-state index contributed by atoms with van der Waals surface area (Å²) in [5.41, 5.74) is 0.965. The van der Waals surface area contributed by atoms with Gasteiger partial charge in [0.05, 0.1) is 15.5 Å². The van der Waals surface area contributed by atoms with E-state index in [0.29, 0.717) is 13.0 Å². The van der Waals surface area contributed by atoms with E-state index >= 15 is 0 Å². The molecule has 2 aromatic rings. The van der Waals surface area contributed by atoms with Crippen LogP contribution in [0.25, 0.3) is 0 Å². The lowest BCUT2D eigenvalue weighted by atomic mass is 10.1. The molecule has 1 N–H and O–H groups in total. The van der Waals surface area contributed by atoms with Crippen LogP contribution in [0.2, 0.25) is 5.02 Å². The molecule has 0 unspecified atom stereocenters. The largest absolute Gasteiger partial charge is 0.352 e. The van der Waals surface area contributed by atoms with Gasteiger partial charge in [0.2, 0.25) is 10.0 Å². The van der Waals surface area contributed by atoms with Gasteiger partial charge >= 0.3 is 0 Å². The number of nitrogens with zero attached hydrogens (tertiary/aromatic N) is 1. The fourth-order valence-electron chi connectivity index (χ4n) is 2.35. The van der Waals surface area contributed by atoms with Gasteiger partial charge in [-0.15, -0.1) is 0 Å². The van der Waals surface area contributed by atoms with Crippen molar-refractivity contribution in [1.82, 2.24) is 9.62 Å². The third kappa shape index (κ3) is 5.28. The SMILES string of the molecule is CC(C)N(C)S(=O)(=O)c1ccc(Cl)c(C(=O)NCCc2ccc(F)cc2)c1. The van der Waals surface area contributed by atoms with Crippen molar-refractivity contribution in [3.63, 3.8) is 0 Å². The smallest absolute Gasteiger partial charge is 0.252 e. The van der Waals surface area contributed by atoms with Gasteiger partial charge in [0.15, 0.2) is 0 Å². The summed E-state index contributed by atoms with van der Waals surface area (Å²) in [6.45, 7) is 3.83. The minimum Gasteiger partial charge on any atom is -0.352 e. The highest BCUT2D eigenvalue weighted by Gasteiger charge is 2.25. The summed E-state index contributed by atoms with van der Waals surface area (Å²) in [4.78, 5) is 12.4. The minimum absolute atomic E-state index is 0.00628. The first kappa shape index (κ1) is 21.3. The maximum atomic E-state index is 12.9. The topological polar surface area (TPSA) is 66.5 Å². The summed E-state index contributed by atoms with van der Waals surface area (Å²) < 4.78 is 39.3. The van der Waals surface area contributed by atoms with Crippen LogP contribution in [0.5, 0.6) is 0 Å². The Bertz CT molecular complexity index is 915. The predicted octanol–water partition coefficient (Wildman–Crippen LogP) is 3.48. The Morgan fingerprint density at radius 3 is 2.41 bits per heavy atom. The van der Waals surface area contributed by atoms with E-state index in [1.807, 2.05) is 0 Å². The molecule has 8 heteroatoms. The van der Waals surface area contributed by atoms with Crippen molar-refractivity contribution in [3.8, 4) is 0 Å². The monoisotopic (exact) mass is 412 g/mol. The van der Waals surface area contributed by atoms with Crippen LogP contribution in [0.15, 0.2) is 47.4 Å². The minimum atomic E-state index is -3.72. The Hall–Kier alpha value is -1.96. The Morgan fingerprint density at radius 2 is 1.81 bits per heavy atom. The van der Waals surface area contributed by atoms with Gasteiger partial charge in [0.25, 0.3) is 5.91 Å². The molecule has 0 atom stereocenters. The average Bonchev–Trinajstić information content (AvgIpc) is 2.62. The molecule has 0 saturated carbocycles. The molecule has 0 aliphatic carbocycles. The number of carbonyl (C=O) groups excluding carboxylic acids is 1. The zero-order chi connectivity index (χ0) is 20.2. The number of carbonyl (C=O) groups is 1. The fraction of sp³-hybridized carbons (Fsp3) is 0.316. The van der Waals surface area contributed by atoms with E-state index in [9.17, 15) is 17.6 Å². The summed E-state index contributed by atoms with van der Waals surface area (Å²) in [5, 5.41) is 2.88. The van der Waals surface area contributed by atoms with Crippen molar-refractivity contribution in [2.75, 3.05) is 13.6 Å². The molecule has 27 heavy (non-hydrogen) atoms. The standard InChI is InChI=1S/C19H22ClFN2O3S/c1-13(2)23(3)27(25,26)16-8-9-18(20)17(12-16)19(24)22-11-10-14-4-6-15(21)7-5-14/h4-9,12-13H,10-11H2,1-3H3,(H,22,24). The molecule has 0 saturated heterocycles. The molecule has 0 aromatic heterocycles. The van der Waals surface area contributed by atoms with Crippen molar-refractivity contribution < 1.29 is 17.6 Å². The predicted molar refractivity (Wildman–Crippen MR) is 104 cm³/mol. The van der Waals surface area contributed by atoms with Gasteiger partial charge in [-0.25, -0.2) is 12.8 Å². The van der Waals surface area contributed by atoms with Crippen LogP contribution in [-0.4, -0.2) is 38.3 Å². The number of sulfonamides is 1. The second-order valence-corrected chi connectivity index (χ2v) is 8.79. The first-order valence-corrected chi connectivity index (χ1v) is 10.2. The number of hydrogen-bond donors (Lipinski definition) is 1. The third-order valence-electron chi connectivity index (χ3n) is 4.20. The van der Waals surface area contributed by atoms with E-state index in [4.69, 9.17) is 11.6 Å². The molecule has 0 aliphatic rings. The van der Waals surface area contributed by atoms with Crippen LogP contribution in [0.4, 0.5) is 4.39 Å². The molecule has 0 fully saturated rings. The highest BCUT2D eigenvalue weighted by molar-refractivity contribution is 7.89. The second-order valence-electron chi connectivity index (χ2n) is 6.39. The lowest BCUT2D eigenvalue weighted by Crippen LogP contribution is -2.33. The van der Waals surface area contributed by atoms with Gasteiger partial charge in [-0.05, 0) is 56.2 Å². The molecular weight excluding hydrogens is 391 g/mol. The Morgan fingerprint density at radius 1 is 1.19 bits per heavy atom. The maximum absolute atomic E-state index is 12.9. The van der Waals surface area contributed by atoms with Gasteiger partial charge in [-0.3, -0.25) is 4.79 Å². The lowest BCUT2D eigenvalue weighted by Gasteiger charge is -2.21. The molecule has 0 radical (unpaired) electrons. The number of halogens is 2. The van der Waals surface area contributed by atoms with E-state index in [0.717, 1.165) is 5.56 Å². The van der Waals surface area contributed by atoms with Gasteiger partial charge in [0.1, 0.15) is 5.82 Å². The second kappa shape index (κ2) is 8.82. The summed E-state index contributed by atoms with van der Waals surface area (Å²) in [6.07, 6.45) is 0.512. The van der Waals surface area contributed by atoms with Crippen LogP contribution in [-0.2, 0) is 16.4 Å². The molecule has 2 aromatic carbocycles. The number of hydrogen-bond acceptors (Lipinski definition) is 3. The number of rotatable bonds is 7. The van der Waals surface area contributed by atoms with Crippen molar-refractivity contribution in [2.45, 2.75) is 31.2 Å². The van der Waals surface area contributed by atoms with Gasteiger partial charge in [0, 0.05) is 19.6 Å². The van der Waals surface area contributed by atoms with Crippen molar-refractivity contribution in [2.24, 2.45) is 0 Å². The molecule has 0 heterocycles. The maximum Gasteiger partial charge on any atom is 0.252 e. The zero-order valence-electron chi connectivity index (χ0n) is 15.4. The van der Waals surface area contributed by atoms with E-state index in [1.165, 1.54) is 41.7 Å². The lowest BCUT2D eigenvalue weighted by molar-refractivity contribution is 0.0954. The first-order chi connectivity index (χ1) is 12.6. The van der Waals surface area contributed by atoms with E-state index in [2.05, 4.69) is 5.32 Å². The van der Waals surface area contributed by atoms with Crippen LogP contribution in [0, 0.1) is 5.82 Å². The third-order valence-corrected chi connectivity index (χ3v) is 6.56. The van der Waals surface area contributed by atoms with Crippen LogP contribution in [0.1, 0.15) is 29.8 Å². The van der Waals surface area contributed by atoms with Crippen LogP contribution < -0.4 is 5.32 Å².